The first kappa shape index (κ1) is 26.3. The average Bonchev–Trinajstić information content (AvgIpc) is 3.56. The molecule has 0 aliphatic rings. The SMILES string of the molecule is Cc1nnnn1/N=C\c1ccc(O)c(C(c2cccc(CCO)c2)c2cc(/C=N\n3nnnc3C)ccc2O)c1. The molecule has 5 rings (SSSR count). The number of tetrazole rings is 2. The van der Waals surface area contributed by atoms with Gasteiger partial charge in [0.1, 0.15) is 11.5 Å². The van der Waals surface area contributed by atoms with Crippen LogP contribution in [-0.4, -0.2) is 75.0 Å². The van der Waals surface area contributed by atoms with E-state index in [2.05, 4.69) is 41.3 Å². The van der Waals surface area contributed by atoms with E-state index in [-0.39, 0.29) is 18.1 Å². The number of aliphatic hydroxyl groups excluding tert-OH is 1. The molecule has 202 valence electrons. The van der Waals surface area contributed by atoms with Crippen molar-refractivity contribution >= 4 is 12.4 Å². The fraction of sp³-hybridized carbons (Fsp3) is 0.185. The summed E-state index contributed by atoms with van der Waals surface area (Å²) >= 11 is 0. The van der Waals surface area contributed by atoms with Crippen molar-refractivity contribution in [1.82, 2.24) is 40.6 Å². The van der Waals surface area contributed by atoms with Gasteiger partial charge in [-0.2, -0.15) is 10.2 Å². The largest absolute Gasteiger partial charge is 0.508 e. The zero-order valence-electron chi connectivity index (χ0n) is 21.7. The second-order valence-corrected chi connectivity index (χ2v) is 9.01. The number of benzene rings is 3. The molecule has 0 fully saturated rings. The van der Waals surface area contributed by atoms with Crippen molar-refractivity contribution in [1.29, 1.82) is 0 Å². The van der Waals surface area contributed by atoms with Gasteiger partial charge in [0.05, 0.1) is 12.4 Å². The number of aryl methyl sites for hydroxylation is 2. The van der Waals surface area contributed by atoms with Gasteiger partial charge in [-0.15, -0.1) is 19.8 Å². The molecule has 0 radical (unpaired) electrons. The first-order valence-corrected chi connectivity index (χ1v) is 12.4. The molecule has 0 unspecified atom stereocenters. The molecule has 0 amide bonds. The van der Waals surface area contributed by atoms with Crippen LogP contribution < -0.4 is 0 Å². The lowest BCUT2D eigenvalue weighted by molar-refractivity contribution is 0.299. The maximum atomic E-state index is 11.1. The Morgan fingerprint density at radius 2 is 1.32 bits per heavy atom. The summed E-state index contributed by atoms with van der Waals surface area (Å²) < 4.78 is 0. The Bertz CT molecular complexity index is 1590. The predicted octanol–water partition coefficient (Wildman–Crippen LogP) is 2.17. The summed E-state index contributed by atoms with van der Waals surface area (Å²) in [6.45, 7) is 3.46. The van der Waals surface area contributed by atoms with E-state index >= 15 is 0 Å². The lowest BCUT2D eigenvalue weighted by atomic mass is 9.82. The van der Waals surface area contributed by atoms with Gasteiger partial charge in [0.15, 0.2) is 11.6 Å². The highest BCUT2D eigenvalue weighted by Crippen LogP contribution is 2.41. The van der Waals surface area contributed by atoms with Crippen molar-refractivity contribution in [3.63, 3.8) is 0 Å². The summed E-state index contributed by atoms with van der Waals surface area (Å²) in [5.41, 5.74) is 4.18. The first-order chi connectivity index (χ1) is 19.4. The van der Waals surface area contributed by atoms with E-state index in [1.807, 2.05) is 24.3 Å². The van der Waals surface area contributed by atoms with Crippen LogP contribution in [0.1, 0.15) is 50.9 Å². The Labute approximate surface area is 228 Å². The number of aromatic nitrogens is 8. The molecule has 0 aliphatic carbocycles. The fourth-order valence-corrected chi connectivity index (χ4v) is 4.26. The Balaban J connectivity index is 1.62. The van der Waals surface area contributed by atoms with E-state index in [0.717, 1.165) is 11.1 Å². The molecule has 13 heteroatoms. The average molecular weight is 539 g/mol. The van der Waals surface area contributed by atoms with E-state index in [0.29, 0.717) is 40.3 Å². The van der Waals surface area contributed by atoms with Crippen molar-refractivity contribution in [2.24, 2.45) is 10.2 Å². The van der Waals surface area contributed by atoms with Gasteiger partial charge in [0.25, 0.3) is 0 Å². The molecule has 0 spiro atoms. The second kappa shape index (κ2) is 11.6. The normalized spacial score (nSPS) is 11.8. The topological polar surface area (TPSA) is 173 Å². The minimum atomic E-state index is -0.579. The highest BCUT2D eigenvalue weighted by atomic mass is 16.3. The van der Waals surface area contributed by atoms with Crippen molar-refractivity contribution in [2.75, 3.05) is 6.61 Å². The molecule has 0 bridgehead atoms. The van der Waals surface area contributed by atoms with Crippen molar-refractivity contribution in [3.8, 4) is 11.5 Å². The van der Waals surface area contributed by atoms with Crippen molar-refractivity contribution in [2.45, 2.75) is 26.2 Å². The van der Waals surface area contributed by atoms with Gasteiger partial charge in [0.2, 0.25) is 0 Å². The predicted molar refractivity (Wildman–Crippen MR) is 145 cm³/mol. The highest BCUT2D eigenvalue weighted by Gasteiger charge is 2.24. The van der Waals surface area contributed by atoms with E-state index in [9.17, 15) is 15.3 Å². The third kappa shape index (κ3) is 5.73. The summed E-state index contributed by atoms with van der Waals surface area (Å²) in [4.78, 5) is 2.59. The first-order valence-electron chi connectivity index (χ1n) is 12.4. The zero-order chi connectivity index (χ0) is 28.1. The number of rotatable bonds is 9. The Morgan fingerprint density at radius 1 is 0.775 bits per heavy atom. The van der Waals surface area contributed by atoms with Crippen molar-refractivity contribution < 1.29 is 15.3 Å². The van der Waals surface area contributed by atoms with Crippen LogP contribution in [0.4, 0.5) is 0 Å². The van der Waals surface area contributed by atoms with Gasteiger partial charge in [-0.3, -0.25) is 0 Å². The number of aliphatic hydroxyl groups is 1. The summed E-state index contributed by atoms with van der Waals surface area (Å²) in [5, 5.41) is 62.7. The standard InChI is InChI=1S/C27H26N10O3/c1-17-30-32-34-36(17)28-15-20-6-8-25(39)23(13-20)27(22-5-3-4-19(12-22)10-11-38)24-14-21(7-9-26(24)40)16-29-37-18(2)31-33-35-37/h3-9,12-16,27,38-40H,10-11H2,1-2H3/b28-15-,29-16-. The number of aromatic hydroxyl groups is 2. The molecule has 5 aromatic rings. The van der Waals surface area contributed by atoms with Crippen LogP contribution in [0.5, 0.6) is 11.5 Å². The molecule has 0 atom stereocenters. The van der Waals surface area contributed by atoms with E-state index < -0.39 is 5.92 Å². The van der Waals surface area contributed by atoms with Crippen LogP contribution in [0.15, 0.2) is 70.9 Å². The van der Waals surface area contributed by atoms with Crippen LogP contribution in [0.2, 0.25) is 0 Å². The number of hydrogen-bond donors (Lipinski definition) is 3. The van der Waals surface area contributed by atoms with Crippen molar-refractivity contribution in [3.05, 3.63) is 106 Å². The molecule has 3 aromatic carbocycles. The van der Waals surface area contributed by atoms with E-state index in [1.54, 1.807) is 62.7 Å². The molecular weight excluding hydrogens is 512 g/mol. The highest BCUT2D eigenvalue weighted by molar-refractivity contribution is 5.82. The number of nitrogens with zero attached hydrogens (tertiary/aromatic N) is 10. The Hall–Kier alpha value is -5.30. The van der Waals surface area contributed by atoms with Gasteiger partial charge in [-0.1, -0.05) is 24.3 Å². The Morgan fingerprint density at radius 3 is 1.80 bits per heavy atom. The number of phenols is 2. The number of phenolic OH excluding ortho intramolecular Hbond substituents is 2. The van der Waals surface area contributed by atoms with E-state index in [4.69, 9.17) is 0 Å². The molecule has 3 N–H and O–H groups in total. The summed E-state index contributed by atoms with van der Waals surface area (Å²) in [7, 11) is 0. The molecule has 13 nitrogen and oxygen atoms in total. The fourth-order valence-electron chi connectivity index (χ4n) is 4.26. The summed E-state index contributed by atoms with van der Waals surface area (Å²) in [5.74, 6) is 0.542. The number of hydrogen-bond acceptors (Lipinski definition) is 11. The van der Waals surface area contributed by atoms with Gasteiger partial charge < -0.3 is 15.3 Å². The van der Waals surface area contributed by atoms with Gasteiger partial charge >= 0.3 is 0 Å². The molecule has 0 saturated carbocycles. The van der Waals surface area contributed by atoms with Crippen LogP contribution in [0, 0.1) is 13.8 Å². The molecule has 0 aliphatic heterocycles. The zero-order valence-corrected chi connectivity index (χ0v) is 21.7. The summed E-state index contributed by atoms with van der Waals surface area (Å²) in [6, 6.07) is 17.9. The van der Waals surface area contributed by atoms with E-state index in [1.165, 1.54) is 9.58 Å². The quantitative estimate of drug-likeness (QED) is 0.188. The van der Waals surface area contributed by atoms with Crippen LogP contribution in [0.25, 0.3) is 0 Å². The maximum Gasteiger partial charge on any atom is 0.173 e. The third-order valence-corrected chi connectivity index (χ3v) is 6.25. The maximum absolute atomic E-state index is 11.1. The minimum absolute atomic E-state index is 0.00433. The third-order valence-electron chi connectivity index (χ3n) is 6.25. The smallest absolute Gasteiger partial charge is 0.173 e. The second-order valence-electron chi connectivity index (χ2n) is 9.01. The van der Waals surface area contributed by atoms with Gasteiger partial charge in [-0.05, 0) is 99.8 Å². The van der Waals surface area contributed by atoms with Crippen LogP contribution in [0.3, 0.4) is 0 Å². The monoisotopic (exact) mass is 538 g/mol. The minimum Gasteiger partial charge on any atom is -0.508 e. The molecule has 2 aromatic heterocycles. The molecule has 40 heavy (non-hydrogen) atoms. The lowest BCUT2D eigenvalue weighted by Gasteiger charge is -2.22. The Kier molecular flexibility index (Phi) is 7.64. The van der Waals surface area contributed by atoms with Gasteiger partial charge in [0, 0.05) is 23.7 Å². The molecule has 2 heterocycles. The molecule has 0 saturated heterocycles. The van der Waals surface area contributed by atoms with Crippen LogP contribution >= 0.6 is 0 Å². The summed E-state index contributed by atoms with van der Waals surface area (Å²) in [6.07, 6.45) is 3.64. The van der Waals surface area contributed by atoms with Gasteiger partial charge in [-0.25, -0.2) is 0 Å². The van der Waals surface area contributed by atoms with Crippen LogP contribution in [-0.2, 0) is 6.42 Å². The lowest BCUT2D eigenvalue weighted by Crippen LogP contribution is -2.07. The molecular formula is C27H26N10O3.